The highest BCUT2D eigenvalue weighted by atomic mass is 16.2. The minimum atomic E-state index is 0.154. The molecule has 1 fully saturated rings. The molecule has 0 bridgehead atoms. The minimum absolute atomic E-state index is 0.154. The number of hydrogen-bond acceptors (Lipinski definition) is 3. The van der Waals surface area contributed by atoms with Gasteiger partial charge in [0.05, 0.1) is 6.54 Å². The van der Waals surface area contributed by atoms with Crippen LogP contribution in [0.4, 0.5) is 0 Å². The van der Waals surface area contributed by atoms with Crippen LogP contribution in [0.15, 0.2) is 25.3 Å². The van der Waals surface area contributed by atoms with Crippen LogP contribution in [0.2, 0.25) is 0 Å². The third kappa shape index (κ3) is 5.10. The monoisotopic (exact) mass is 279 g/mol. The highest BCUT2D eigenvalue weighted by Gasteiger charge is 2.25. The fraction of sp³-hybridized carbons (Fsp3) is 0.688. The Hall–Kier alpha value is -1.13. The van der Waals surface area contributed by atoms with E-state index in [2.05, 4.69) is 25.0 Å². The number of carbonyl (C=O) groups excluding carboxylic acids is 1. The standard InChI is InChI=1S/C16H29N3O/c1-4-11-19(12-5-2)16(20)13-18(6-3)15-9-7-14(17)8-10-15/h4-5,14-15H,1-2,6-13,17H2,3H3. The van der Waals surface area contributed by atoms with Gasteiger partial charge in [0.1, 0.15) is 0 Å². The van der Waals surface area contributed by atoms with Gasteiger partial charge in [-0.15, -0.1) is 13.2 Å². The van der Waals surface area contributed by atoms with E-state index in [-0.39, 0.29) is 5.91 Å². The van der Waals surface area contributed by atoms with E-state index < -0.39 is 0 Å². The maximum atomic E-state index is 12.4. The molecular formula is C16H29N3O. The Labute approximate surface area is 123 Å². The lowest BCUT2D eigenvalue weighted by molar-refractivity contribution is -0.132. The first-order valence-electron chi connectivity index (χ1n) is 7.61. The number of nitrogens with zero attached hydrogens (tertiary/aromatic N) is 2. The van der Waals surface area contributed by atoms with Crippen molar-refractivity contribution in [1.29, 1.82) is 0 Å². The topological polar surface area (TPSA) is 49.6 Å². The van der Waals surface area contributed by atoms with Gasteiger partial charge in [-0.1, -0.05) is 19.1 Å². The first-order chi connectivity index (χ1) is 9.62. The van der Waals surface area contributed by atoms with Crippen molar-refractivity contribution < 1.29 is 4.79 Å². The number of carbonyl (C=O) groups is 1. The number of amides is 1. The van der Waals surface area contributed by atoms with Crippen LogP contribution >= 0.6 is 0 Å². The van der Waals surface area contributed by atoms with Crippen molar-refractivity contribution in [2.45, 2.75) is 44.7 Å². The second-order valence-electron chi connectivity index (χ2n) is 5.51. The summed E-state index contributed by atoms with van der Waals surface area (Å²) in [5.74, 6) is 0.154. The summed E-state index contributed by atoms with van der Waals surface area (Å²) >= 11 is 0. The van der Waals surface area contributed by atoms with E-state index in [0.717, 1.165) is 32.2 Å². The summed E-state index contributed by atoms with van der Waals surface area (Å²) in [4.78, 5) is 16.4. The van der Waals surface area contributed by atoms with E-state index in [0.29, 0.717) is 31.7 Å². The Bertz CT molecular complexity index is 312. The van der Waals surface area contributed by atoms with Gasteiger partial charge in [-0.25, -0.2) is 0 Å². The van der Waals surface area contributed by atoms with Crippen molar-refractivity contribution in [2.75, 3.05) is 26.2 Å². The molecule has 0 heterocycles. The molecule has 1 saturated carbocycles. The van der Waals surface area contributed by atoms with Crippen LogP contribution in [-0.2, 0) is 4.79 Å². The molecule has 0 aliphatic heterocycles. The zero-order valence-corrected chi connectivity index (χ0v) is 12.8. The normalized spacial score (nSPS) is 22.6. The fourth-order valence-corrected chi connectivity index (χ4v) is 2.83. The molecule has 114 valence electrons. The zero-order chi connectivity index (χ0) is 15.0. The van der Waals surface area contributed by atoms with Crippen LogP contribution in [0.25, 0.3) is 0 Å². The van der Waals surface area contributed by atoms with Gasteiger partial charge in [-0.05, 0) is 32.2 Å². The van der Waals surface area contributed by atoms with Crippen molar-refractivity contribution >= 4 is 5.91 Å². The fourth-order valence-electron chi connectivity index (χ4n) is 2.83. The molecule has 20 heavy (non-hydrogen) atoms. The Morgan fingerprint density at radius 3 is 2.20 bits per heavy atom. The molecule has 2 N–H and O–H groups in total. The quantitative estimate of drug-likeness (QED) is 0.689. The summed E-state index contributed by atoms with van der Waals surface area (Å²) in [6.45, 7) is 12.1. The summed E-state index contributed by atoms with van der Waals surface area (Å²) in [6.07, 6.45) is 7.86. The predicted molar refractivity (Wildman–Crippen MR) is 84.5 cm³/mol. The smallest absolute Gasteiger partial charge is 0.237 e. The van der Waals surface area contributed by atoms with Gasteiger partial charge in [0, 0.05) is 25.2 Å². The minimum Gasteiger partial charge on any atom is -0.334 e. The second kappa shape index (κ2) is 8.93. The largest absolute Gasteiger partial charge is 0.334 e. The molecule has 4 nitrogen and oxygen atoms in total. The summed E-state index contributed by atoms with van der Waals surface area (Å²) in [6, 6.07) is 0.844. The van der Waals surface area contributed by atoms with Crippen molar-refractivity contribution in [3.8, 4) is 0 Å². The molecule has 0 aromatic carbocycles. The van der Waals surface area contributed by atoms with E-state index in [9.17, 15) is 4.79 Å². The van der Waals surface area contributed by atoms with Gasteiger partial charge >= 0.3 is 0 Å². The van der Waals surface area contributed by atoms with Crippen LogP contribution in [0.5, 0.6) is 0 Å². The summed E-state index contributed by atoms with van der Waals surface area (Å²) in [5, 5.41) is 0. The van der Waals surface area contributed by atoms with Crippen LogP contribution in [-0.4, -0.2) is 54.0 Å². The molecule has 0 aromatic rings. The average Bonchev–Trinajstić information content (AvgIpc) is 2.45. The highest BCUT2D eigenvalue weighted by molar-refractivity contribution is 5.78. The maximum Gasteiger partial charge on any atom is 0.237 e. The molecule has 0 saturated heterocycles. The van der Waals surface area contributed by atoms with E-state index >= 15 is 0 Å². The lowest BCUT2D eigenvalue weighted by Gasteiger charge is -2.36. The number of likely N-dealkylation sites (N-methyl/N-ethyl adjacent to an activating group) is 1. The maximum absolute atomic E-state index is 12.4. The first kappa shape index (κ1) is 16.9. The third-order valence-electron chi connectivity index (χ3n) is 4.05. The van der Waals surface area contributed by atoms with Crippen molar-refractivity contribution in [2.24, 2.45) is 5.73 Å². The van der Waals surface area contributed by atoms with Gasteiger partial charge in [0.15, 0.2) is 0 Å². The molecule has 0 radical (unpaired) electrons. The zero-order valence-electron chi connectivity index (χ0n) is 12.8. The summed E-state index contributed by atoms with van der Waals surface area (Å²) < 4.78 is 0. The third-order valence-corrected chi connectivity index (χ3v) is 4.05. The SMILES string of the molecule is C=CCN(CC=C)C(=O)CN(CC)C1CCC(N)CC1. The Morgan fingerprint density at radius 2 is 1.75 bits per heavy atom. The Kier molecular flexibility index (Phi) is 7.55. The molecule has 1 aliphatic rings. The molecule has 0 unspecified atom stereocenters. The number of nitrogens with two attached hydrogens (primary N) is 1. The van der Waals surface area contributed by atoms with Crippen molar-refractivity contribution in [1.82, 2.24) is 9.80 Å². The molecule has 1 amide bonds. The molecular weight excluding hydrogens is 250 g/mol. The second-order valence-corrected chi connectivity index (χ2v) is 5.51. The van der Waals surface area contributed by atoms with Crippen LogP contribution in [0, 0.1) is 0 Å². The van der Waals surface area contributed by atoms with E-state index in [1.807, 2.05) is 0 Å². The molecule has 0 atom stereocenters. The Balaban J connectivity index is 2.55. The first-order valence-corrected chi connectivity index (χ1v) is 7.61. The Morgan fingerprint density at radius 1 is 1.20 bits per heavy atom. The lowest BCUT2D eigenvalue weighted by atomic mass is 9.90. The summed E-state index contributed by atoms with van der Waals surface area (Å²) in [5.41, 5.74) is 5.95. The molecule has 1 rings (SSSR count). The number of rotatable bonds is 8. The lowest BCUT2D eigenvalue weighted by Crippen LogP contribution is -2.46. The van der Waals surface area contributed by atoms with Gasteiger partial charge in [-0.2, -0.15) is 0 Å². The van der Waals surface area contributed by atoms with Gasteiger partial charge in [0.25, 0.3) is 0 Å². The predicted octanol–water partition coefficient (Wildman–Crippen LogP) is 1.78. The average molecular weight is 279 g/mol. The number of hydrogen-bond donors (Lipinski definition) is 1. The van der Waals surface area contributed by atoms with E-state index in [1.165, 1.54) is 0 Å². The van der Waals surface area contributed by atoms with Gasteiger partial charge in [0.2, 0.25) is 5.91 Å². The van der Waals surface area contributed by atoms with Gasteiger partial charge < -0.3 is 10.6 Å². The van der Waals surface area contributed by atoms with E-state index in [1.54, 1.807) is 17.1 Å². The molecule has 0 aromatic heterocycles. The molecule has 1 aliphatic carbocycles. The van der Waals surface area contributed by atoms with E-state index in [4.69, 9.17) is 5.73 Å². The molecule has 4 heteroatoms. The van der Waals surface area contributed by atoms with Gasteiger partial charge in [-0.3, -0.25) is 9.69 Å². The van der Waals surface area contributed by atoms with Crippen molar-refractivity contribution in [3.63, 3.8) is 0 Å². The summed E-state index contributed by atoms with van der Waals surface area (Å²) in [7, 11) is 0. The molecule has 0 spiro atoms. The highest BCUT2D eigenvalue weighted by Crippen LogP contribution is 2.22. The van der Waals surface area contributed by atoms with Crippen molar-refractivity contribution in [3.05, 3.63) is 25.3 Å². The van der Waals surface area contributed by atoms with Crippen LogP contribution in [0.3, 0.4) is 0 Å². The van der Waals surface area contributed by atoms with Crippen LogP contribution < -0.4 is 5.73 Å². The van der Waals surface area contributed by atoms with Crippen LogP contribution in [0.1, 0.15) is 32.6 Å².